The number of aliphatic carboxylic acids is 1. The molecule has 24 heavy (non-hydrogen) atoms. The van der Waals surface area contributed by atoms with Crippen molar-refractivity contribution in [1.29, 1.82) is 0 Å². The maximum Gasteiger partial charge on any atom is 0.309 e. The first-order valence-corrected chi connectivity index (χ1v) is 8.50. The number of rotatable bonds is 3. The van der Waals surface area contributed by atoms with E-state index in [9.17, 15) is 14.7 Å². The minimum atomic E-state index is -0.731. The van der Waals surface area contributed by atoms with E-state index in [-0.39, 0.29) is 17.9 Å². The largest absolute Gasteiger partial charge is 0.481 e. The molecule has 6 heteroatoms. The second-order valence-corrected chi connectivity index (χ2v) is 6.91. The number of amides is 1. The lowest BCUT2D eigenvalue weighted by atomic mass is 10.1. The maximum atomic E-state index is 12.6. The van der Waals surface area contributed by atoms with Crippen molar-refractivity contribution < 1.29 is 14.7 Å². The van der Waals surface area contributed by atoms with Gasteiger partial charge in [-0.3, -0.25) is 14.5 Å². The number of benzene rings is 1. The van der Waals surface area contributed by atoms with Gasteiger partial charge < -0.3 is 14.9 Å². The van der Waals surface area contributed by atoms with E-state index in [2.05, 4.69) is 9.80 Å². The summed E-state index contributed by atoms with van der Waals surface area (Å²) >= 11 is 0. The van der Waals surface area contributed by atoms with E-state index < -0.39 is 5.97 Å². The highest BCUT2D eigenvalue weighted by atomic mass is 16.4. The molecule has 0 aliphatic carbocycles. The Morgan fingerprint density at radius 1 is 1.08 bits per heavy atom. The standard InChI is InChI=1S/C18H25N3O3/c1-19-10-15(18(23)24)11-20-7-8-21(13-16(20)12-19)17(22)9-14-5-3-2-4-6-14/h2-6,15-16H,7-13H2,1H3,(H,23,24)/t15-,16-/m1/s1. The number of hydrogen-bond donors (Lipinski definition) is 1. The first kappa shape index (κ1) is 16.9. The van der Waals surface area contributed by atoms with Crippen molar-refractivity contribution in [1.82, 2.24) is 14.7 Å². The van der Waals surface area contributed by atoms with Gasteiger partial charge in [-0.15, -0.1) is 0 Å². The van der Waals surface area contributed by atoms with Crippen LogP contribution in [0.15, 0.2) is 30.3 Å². The Morgan fingerprint density at radius 3 is 2.54 bits per heavy atom. The highest BCUT2D eigenvalue weighted by Gasteiger charge is 2.36. The first-order valence-electron chi connectivity index (χ1n) is 8.50. The lowest BCUT2D eigenvalue weighted by molar-refractivity contribution is -0.143. The molecule has 130 valence electrons. The fourth-order valence-electron chi connectivity index (χ4n) is 3.72. The Labute approximate surface area is 142 Å². The van der Waals surface area contributed by atoms with E-state index in [1.54, 1.807) is 0 Å². The second kappa shape index (κ2) is 7.32. The molecule has 2 fully saturated rings. The highest BCUT2D eigenvalue weighted by molar-refractivity contribution is 5.79. The molecule has 2 aliphatic rings. The van der Waals surface area contributed by atoms with Crippen molar-refractivity contribution in [3.05, 3.63) is 35.9 Å². The van der Waals surface area contributed by atoms with Crippen molar-refractivity contribution in [2.24, 2.45) is 5.92 Å². The van der Waals surface area contributed by atoms with Gasteiger partial charge in [0.1, 0.15) is 0 Å². The van der Waals surface area contributed by atoms with Crippen LogP contribution in [0.25, 0.3) is 0 Å². The summed E-state index contributed by atoms with van der Waals surface area (Å²) in [6.07, 6.45) is 0.432. The summed E-state index contributed by atoms with van der Waals surface area (Å²) in [6, 6.07) is 10.0. The molecule has 6 nitrogen and oxygen atoms in total. The third kappa shape index (κ3) is 3.94. The Hall–Kier alpha value is -1.92. The van der Waals surface area contributed by atoms with Crippen LogP contribution in [0.5, 0.6) is 0 Å². The molecule has 2 atom stereocenters. The number of hydrogen-bond acceptors (Lipinski definition) is 4. The summed E-state index contributed by atoms with van der Waals surface area (Å²) < 4.78 is 0. The smallest absolute Gasteiger partial charge is 0.309 e. The molecule has 1 aromatic carbocycles. The van der Waals surface area contributed by atoms with E-state index in [0.29, 0.717) is 32.6 Å². The highest BCUT2D eigenvalue weighted by Crippen LogP contribution is 2.19. The van der Waals surface area contributed by atoms with Gasteiger partial charge in [-0.25, -0.2) is 0 Å². The van der Waals surface area contributed by atoms with Gasteiger partial charge in [0.05, 0.1) is 12.3 Å². The van der Waals surface area contributed by atoms with E-state index in [0.717, 1.165) is 18.7 Å². The summed E-state index contributed by atoms with van der Waals surface area (Å²) in [4.78, 5) is 30.2. The van der Waals surface area contributed by atoms with Crippen LogP contribution >= 0.6 is 0 Å². The van der Waals surface area contributed by atoms with Gasteiger partial charge in [-0.1, -0.05) is 30.3 Å². The SMILES string of the molecule is CN1C[C@@H](C(=O)O)CN2CCN(C(=O)Cc3ccccc3)C[C@H]2C1. The number of likely N-dealkylation sites (N-methyl/N-ethyl adjacent to an activating group) is 1. The number of fused-ring (bicyclic) bond motifs is 1. The van der Waals surface area contributed by atoms with Gasteiger partial charge in [0.2, 0.25) is 5.91 Å². The van der Waals surface area contributed by atoms with Crippen molar-refractivity contribution in [2.75, 3.05) is 46.3 Å². The number of carbonyl (C=O) groups is 2. The van der Waals surface area contributed by atoms with E-state index in [1.165, 1.54) is 0 Å². The van der Waals surface area contributed by atoms with Gasteiger partial charge in [-0.2, -0.15) is 0 Å². The molecule has 3 rings (SSSR count). The van der Waals surface area contributed by atoms with Gasteiger partial charge in [0.25, 0.3) is 0 Å². The minimum Gasteiger partial charge on any atom is -0.481 e. The van der Waals surface area contributed by atoms with Gasteiger partial charge in [0.15, 0.2) is 0 Å². The summed E-state index contributed by atoms with van der Waals surface area (Å²) in [5, 5.41) is 9.36. The molecule has 2 heterocycles. The van der Waals surface area contributed by atoms with E-state index in [1.807, 2.05) is 42.3 Å². The number of carbonyl (C=O) groups excluding carboxylic acids is 1. The van der Waals surface area contributed by atoms with Crippen LogP contribution in [0.1, 0.15) is 5.56 Å². The first-order chi connectivity index (χ1) is 11.5. The molecule has 1 aromatic rings. The Morgan fingerprint density at radius 2 is 1.83 bits per heavy atom. The van der Waals surface area contributed by atoms with Crippen LogP contribution in [0, 0.1) is 5.92 Å². The molecule has 1 N–H and O–H groups in total. The number of nitrogens with zero attached hydrogens (tertiary/aromatic N) is 3. The third-order valence-electron chi connectivity index (χ3n) is 5.01. The monoisotopic (exact) mass is 331 g/mol. The van der Waals surface area contributed by atoms with Crippen molar-refractivity contribution in [3.63, 3.8) is 0 Å². The molecule has 0 saturated carbocycles. The van der Waals surface area contributed by atoms with Crippen LogP contribution in [-0.2, 0) is 16.0 Å². The van der Waals surface area contributed by atoms with Gasteiger partial charge >= 0.3 is 5.97 Å². The lowest BCUT2D eigenvalue weighted by Gasteiger charge is -2.41. The zero-order valence-corrected chi connectivity index (χ0v) is 14.1. The maximum absolute atomic E-state index is 12.6. The van der Waals surface area contributed by atoms with Gasteiger partial charge in [0, 0.05) is 45.3 Å². The average Bonchev–Trinajstić information content (AvgIpc) is 2.73. The molecule has 0 bridgehead atoms. The molecule has 0 aromatic heterocycles. The Bertz CT molecular complexity index is 592. The fraction of sp³-hybridized carbons (Fsp3) is 0.556. The molecule has 0 unspecified atom stereocenters. The van der Waals surface area contributed by atoms with Crippen LogP contribution < -0.4 is 0 Å². The normalized spacial score (nSPS) is 25.8. The molecular formula is C18H25N3O3. The Balaban J connectivity index is 1.63. The topological polar surface area (TPSA) is 64.1 Å². The summed E-state index contributed by atoms with van der Waals surface area (Å²) in [5.74, 6) is -0.931. The summed E-state index contributed by atoms with van der Waals surface area (Å²) in [6.45, 7) is 4.06. The lowest BCUT2D eigenvalue weighted by Crippen LogP contribution is -2.57. The summed E-state index contributed by atoms with van der Waals surface area (Å²) in [5.41, 5.74) is 1.04. The average molecular weight is 331 g/mol. The minimum absolute atomic E-state index is 0.155. The van der Waals surface area contributed by atoms with Crippen molar-refractivity contribution in [3.8, 4) is 0 Å². The molecule has 1 amide bonds. The Kier molecular flexibility index (Phi) is 5.16. The van der Waals surface area contributed by atoms with E-state index >= 15 is 0 Å². The molecular weight excluding hydrogens is 306 g/mol. The quantitative estimate of drug-likeness (QED) is 0.868. The van der Waals surface area contributed by atoms with Gasteiger partial charge in [-0.05, 0) is 12.6 Å². The number of carboxylic acids is 1. The van der Waals surface area contributed by atoms with Crippen LogP contribution in [0.2, 0.25) is 0 Å². The van der Waals surface area contributed by atoms with Crippen LogP contribution in [0.4, 0.5) is 0 Å². The predicted octanol–water partition coefficient (Wildman–Crippen LogP) is 0.388. The predicted molar refractivity (Wildman–Crippen MR) is 90.7 cm³/mol. The molecule has 2 saturated heterocycles. The van der Waals surface area contributed by atoms with Crippen LogP contribution in [-0.4, -0.2) is 84.0 Å². The second-order valence-electron chi connectivity index (χ2n) is 6.91. The number of piperazine rings is 1. The zero-order valence-electron chi connectivity index (χ0n) is 14.1. The fourth-order valence-corrected chi connectivity index (χ4v) is 3.72. The third-order valence-corrected chi connectivity index (χ3v) is 5.01. The molecule has 0 spiro atoms. The summed E-state index contributed by atoms with van der Waals surface area (Å²) in [7, 11) is 1.96. The van der Waals surface area contributed by atoms with Crippen LogP contribution in [0.3, 0.4) is 0 Å². The zero-order chi connectivity index (χ0) is 17.1. The van der Waals surface area contributed by atoms with Crippen molar-refractivity contribution in [2.45, 2.75) is 12.5 Å². The van der Waals surface area contributed by atoms with Crippen molar-refractivity contribution >= 4 is 11.9 Å². The number of carboxylic acid groups (broad SMARTS) is 1. The molecule has 2 aliphatic heterocycles. The van der Waals surface area contributed by atoms with E-state index in [4.69, 9.17) is 0 Å². The molecule has 0 radical (unpaired) electrons.